The van der Waals surface area contributed by atoms with E-state index in [0.717, 1.165) is 25.9 Å². The Morgan fingerprint density at radius 1 is 1.37 bits per heavy atom. The van der Waals surface area contributed by atoms with Gasteiger partial charge in [-0.1, -0.05) is 0 Å². The maximum absolute atomic E-state index is 9.70. The van der Waals surface area contributed by atoms with Gasteiger partial charge in [0.05, 0.1) is 12.1 Å². The molecule has 1 aromatic rings. The molecule has 0 aromatic carbocycles. The van der Waals surface area contributed by atoms with E-state index >= 15 is 0 Å². The summed E-state index contributed by atoms with van der Waals surface area (Å²) in [6.07, 6.45) is 1.97. The molecule has 1 fully saturated rings. The number of nitrogens with zero attached hydrogens (tertiary/aromatic N) is 1. The molecule has 1 saturated heterocycles. The molecule has 1 aliphatic heterocycles. The third-order valence-electron chi connectivity index (χ3n) is 4.32. The molecule has 0 aliphatic carbocycles. The number of hydrogen-bond donors (Lipinski definition) is 2. The molecule has 1 aromatic heterocycles. The van der Waals surface area contributed by atoms with E-state index < -0.39 is 0 Å². The number of likely N-dealkylation sites (tertiary alicyclic amines) is 1. The first kappa shape index (κ1) is 15.0. The molecule has 0 bridgehead atoms. The summed E-state index contributed by atoms with van der Waals surface area (Å²) in [6, 6.07) is 2.65. The van der Waals surface area contributed by atoms with E-state index in [9.17, 15) is 5.11 Å². The largest absolute Gasteiger partial charge is 0.393 e. The normalized spacial score (nSPS) is 23.2. The van der Waals surface area contributed by atoms with E-state index in [-0.39, 0.29) is 12.1 Å². The van der Waals surface area contributed by atoms with Crippen LogP contribution in [0.2, 0.25) is 0 Å². The number of piperidine rings is 1. The van der Waals surface area contributed by atoms with Crippen molar-refractivity contribution in [3.63, 3.8) is 0 Å². The highest BCUT2D eigenvalue weighted by atomic mass is 32.1. The van der Waals surface area contributed by atoms with Crippen LogP contribution in [0.25, 0.3) is 0 Å². The monoisotopic (exact) mass is 282 g/mol. The van der Waals surface area contributed by atoms with Crippen molar-refractivity contribution in [1.82, 2.24) is 4.90 Å². The number of thiophene rings is 1. The van der Waals surface area contributed by atoms with Crippen molar-refractivity contribution in [3.05, 3.63) is 21.9 Å². The minimum atomic E-state index is -0.181. The molecule has 3 N–H and O–H groups in total. The van der Waals surface area contributed by atoms with Gasteiger partial charge in [-0.15, -0.1) is 11.3 Å². The van der Waals surface area contributed by atoms with Crippen LogP contribution in [0.5, 0.6) is 0 Å². The Kier molecular flexibility index (Phi) is 5.01. The van der Waals surface area contributed by atoms with Crippen LogP contribution in [0.3, 0.4) is 0 Å². The molecule has 2 heterocycles. The van der Waals surface area contributed by atoms with E-state index in [0.29, 0.717) is 12.0 Å². The number of aliphatic hydroxyl groups excluding tert-OH is 1. The predicted octanol–water partition coefficient (Wildman–Crippen LogP) is 2.54. The van der Waals surface area contributed by atoms with Gasteiger partial charge in [0.2, 0.25) is 0 Å². The maximum atomic E-state index is 9.70. The van der Waals surface area contributed by atoms with E-state index in [4.69, 9.17) is 5.73 Å². The number of rotatable bonds is 4. The van der Waals surface area contributed by atoms with Crippen molar-refractivity contribution in [3.8, 4) is 0 Å². The second-order valence-corrected chi connectivity index (χ2v) is 6.83. The molecule has 0 amide bonds. The quantitative estimate of drug-likeness (QED) is 0.892. The molecule has 3 atom stereocenters. The topological polar surface area (TPSA) is 49.5 Å². The van der Waals surface area contributed by atoms with Crippen LogP contribution in [0, 0.1) is 12.8 Å². The molecule has 3 nitrogen and oxygen atoms in total. The fraction of sp³-hybridized carbons (Fsp3) is 0.733. The maximum Gasteiger partial charge on any atom is 0.0593 e. The average molecular weight is 282 g/mol. The molecule has 4 heteroatoms. The summed E-state index contributed by atoms with van der Waals surface area (Å²) in [5, 5.41) is 11.9. The van der Waals surface area contributed by atoms with Gasteiger partial charge < -0.3 is 10.8 Å². The molecule has 108 valence electrons. The van der Waals surface area contributed by atoms with Crippen molar-refractivity contribution < 1.29 is 5.11 Å². The average Bonchev–Trinajstić information content (AvgIpc) is 2.76. The Morgan fingerprint density at radius 2 is 2.00 bits per heavy atom. The summed E-state index contributed by atoms with van der Waals surface area (Å²) in [6.45, 7) is 8.26. The summed E-state index contributed by atoms with van der Waals surface area (Å²) >= 11 is 1.82. The first-order valence-electron chi connectivity index (χ1n) is 7.22. The van der Waals surface area contributed by atoms with Gasteiger partial charge in [-0.25, -0.2) is 0 Å². The highest BCUT2D eigenvalue weighted by molar-refractivity contribution is 7.10. The second kappa shape index (κ2) is 6.35. The number of nitrogens with two attached hydrogens (primary N) is 1. The van der Waals surface area contributed by atoms with Crippen molar-refractivity contribution in [1.29, 1.82) is 0 Å². The number of aryl methyl sites for hydroxylation is 1. The second-order valence-electron chi connectivity index (χ2n) is 5.89. The molecule has 3 unspecified atom stereocenters. The first-order chi connectivity index (χ1) is 9.00. The van der Waals surface area contributed by atoms with E-state index in [1.54, 1.807) is 0 Å². The molecule has 1 aliphatic rings. The summed E-state index contributed by atoms with van der Waals surface area (Å²) in [4.78, 5) is 3.91. The van der Waals surface area contributed by atoms with Gasteiger partial charge >= 0.3 is 0 Å². The lowest BCUT2D eigenvalue weighted by atomic mass is 9.90. The molecular formula is C15H26N2OS. The number of hydrogen-bond acceptors (Lipinski definition) is 4. The summed E-state index contributed by atoms with van der Waals surface area (Å²) < 4.78 is 0. The lowest BCUT2D eigenvalue weighted by Crippen LogP contribution is -2.44. The van der Waals surface area contributed by atoms with Gasteiger partial charge in [0.1, 0.15) is 0 Å². The first-order valence-corrected chi connectivity index (χ1v) is 8.10. The van der Waals surface area contributed by atoms with E-state index in [1.807, 2.05) is 18.3 Å². The Balaban J connectivity index is 2.08. The summed E-state index contributed by atoms with van der Waals surface area (Å²) in [7, 11) is 0. The predicted molar refractivity (Wildman–Crippen MR) is 81.4 cm³/mol. The standard InChI is InChI=1S/C15H26N2OS/c1-10-6-9-19-15(10)14(11(2)16)17-7-4-13(5-8-17)12(3)18/h6,9,11-14,18H,4-5,7-8,16H2,1-3H3. The molecule has 0 radical (unpaired) electrons. The molecule has 0 saturated carbocycles. The zero-order chi connectivity index (χ0) is 14.0. The summed E-state index contributed by atoms with van der Waals surface area (Å²) in [5.74, 6) is 0.453. The Morgan fingerprint density at radius 3 is 2.42 bits per heavy atom. The van der Waals surface area contributed by atoms with Crippen LogP contribution in [0.1, 0.15) is 43.2 Å². The highest BCUT2D eigenvalue weighted by Crippen LogP contribution is 2.34. The van der Waals surface area contributed by atoms with Crippen LogP contribution in [-0.4, -0.2) is 35.2 Å². The Bertz CT molecular complexity index is 395. The van der Waals surface area contributed by atoms with Crippen molar-refractivity contribution in [2.45, 2.75) is 51.8 Å². The van der Waals surface area contributed by atoms with E-state index in [1.165, 1.54) is 10.4 Å². The lowest BCUT2D eigenvalue weighted by Gasteiger charge is -2.40. The van der Waals surface area contributed by atoms with Gasteiger partial charge in [-0.05, 0) is 69.6 Å². The highest BCUT2D eigenvalue weighted by Gasteiger charge is 2.31. The van der Waals surface area contributed by atoms with Crippen LogP contribution in [0.4, 0.5) is 0 Å². The van der Waals surface area contributed by atoms with Crippen molar-refractivity contribution >= 4 is 11.3 Å². The van der Waals surface area contributed by atoms with Crippen LogP contribution in [0.15, 0.2) is 11.4 Å². The van der Waals surface area contributed by atoms with Gasteiger partial charge in [-0.2, -0.15) is 0 Å². The van der Waals surface area contributed by atoms with Crippen molar-refractivity contribution in [2.75, 3.05) is 13.1 Å². The molecule has 0 spiro atoms. The fourth-order valence-electron chi connectivity index (χ4n) is 3.10. The van der Waals surface area contributed by atoms with E-state index in [2.05, 4.69) is 30.2 Å². The van der Waals surface area contributed by atoms with Crippen LogP contribution in [-0.2, 0) is 0 Å². The Labute approximate surface area is 120 Å². The third kappa shape index (κ3) is 3.37. The SMILES string of the molecule is Cc1ccsc1C(C(C)N)N1CCC(C(C)O)CC1. The lowest BCUT2D eigenvalue weighted by molar-refractivity contribution is 0.0518. The minimum absolute atomic E-state index is 0.139. The molecule has 2 rings (SSSR count). The van der Waals surface area contributed by atoms with Gasteiger partial charge in [0.15, 0.2) is 0 Å². The van der Waals surface area contributed by atoms with Gasteiger partial charge in [-0.3, -0.25) is 4.90 Å². The zero-order valence-corrected chi connectivity index (χ0v) is 13.0. The Hall–Kier alpha value is -0.420. The zero-order valence-electron chi connectivity index (χ0n) is 12.2. The fourth-order valence-corrected chi connectivity index (χ4v) is 4.28. The van der Waals surface area contributed by atoms with Gasteiger partial charge in [0.25, 0.3) is 0 Å². The molecular weight excluding hydrogens is 256 g/mol. The number of aliphatic hydroxyl groups is 1. The summed E-state index contributed by atoms with van der Waals surface area (Å²) in [5.41, 5.74) is 7.59. The van der Waals surface area contributed by atoms with Crippen LogP contribution < -0.4 is 5.73 Å². The molecule has 19 heavy (non-hydrogen) atoms. The smallest absolute Gasteiger partial charge is 0.0593 e. The van der Waals surface area contributed by atoms with Gasteiger partial charge in [0, 0.05) is 10.9 Å². The minimum Gasteiger partial charge on any atom is -0.393 e. The van der Waals surface area contributed by atoms with Crippen molar-refractivity contribution in [2.24, 2.45) is 11.7 Å². The van der Waals surface area contributed by atoms with Crippen LogP contribution >= 0.6 is 11.3 Å². The third-order valence-corrected chi connectivity index (χ3v) is 5.41.